The number of anilines is 1. The van der Waals surface area contributed by atoms with Gasteiger partial charge in [0.15, 0.2) is 12.3 Å². The number of nitrogens with two attached hydrogens (primary N) is 1. The largest absolute Gasteiger partial charge is 0.494 e. The average molecular weight is 666 g/mol. The van der Waals surface area contributed by atoms with Crippen molar-refractivity contribution in [2.75, 3.05) is 18.5 Å². The summed E-state index contributed by atoms with van der Waals surface area (Å²) >= 11 is 0. The van der Waals surface area contributed by atoms with Crippen LogP contribution in [-0.4, -0.2) is 58.6 Å². The number of ether oxygens (including phenoxy) is 2. The highest BCUT2D eigenvalue weighted by Gasteiger charge is 2.44. The average Bonchev–Trinajstić information content (AvgIpc) is 3.67. The van der Waals surface area contributed by atoms with Crippen LogP contribution in [0, 0.1) is 0 Å². The second kappa shape index (κ2) is 13.6. The van der Waals surface area contributed by atoms with E-state index in [1.54, 1.807) is 18.2 Å². The third-order valence-corrected chi connectivity index (χ3v) is 8.68. The van der Waals surface area contributed by atoms with Gasteiger partial charge in [-0.05, 0) is 66.4 Å². The lowest BCUT2D eigenvalue weighted by Crippen LogP contribution is -2.54. The first-order chi connectivity index (χ1) is 23.5. The second-order valence-corrected chi connectivity index (χ2v) is 12.3. The molecule has 0 bridgehead atoms. The molecule has 13 heteroatoms. The van der Waals surface area contributed by atoms with Crippen LogP contribution in [0.4, 0.5) is 5.69 Å². The molecule has 1 aromatic heterocycles. The van der Waals surface area contributed by atoms with E-state index in [-0.39, 0.29) is 47.6 Å². The van der Waals surface area contributed by atoms with Crippen molar-refractivity contribution in [3.05, 3.63) is 107 Å². The lowest BCUT2D eigenvalue weighted by molar-refractivity contribution is -0.136. The minimum absolute atomic E-state index is 0.0545. The molecule has 0 aliphatic carbocycles. The first-order valence-electron chi connectivity index (χ1n) is 15.8. The maximum absolute atomic E-state index is 13.1. The molecular weight excluding hydrogens is 630 g/mol. The van der Waals surface area contributed by atoms with E-state index in [0.717, 1.165) is 21.8 Å². The Bertz CT molecular complexity index is 1920. The van der Waals surface area contributed by atoms with Crippen molar-refractivity contribution < 1.29 is 37.9 Å². The summed E-state index contributed by atoms with van der Waals surface area (Å²) in [6.45, 7) is 5.36. The zero-order chi connectivity index (χ0) is 34.7. The molecule has 3 aromatic carbocycles. The van der Waals surface area contributed by atoms with Gasteiger partial charge in [0.2, 0.25) is 17.7 Å². The summed E-state index contributed by atoms with van der Waals surface area (Å²) < 4.78 is 16.9. The van der Waals surface area contributed by atoms with Crippen LogP contribution in [0.5, 0.6) is 11.5 Å². The SMILES string of the molecule is CC(C)(c1ccc(OCCCNc2ccc3c(c2)C(=O)N(C2CCC(=O)NC2=O)C3=O)cc1)c1ccc(OCc2nc(C(N)=O)co2)cc1. The van der Waals surface area contributed by atoms with Crippen LogP contribution in [-0.2, 0) is 21.6 Å². The summed E-state index contributed by atoms with van der Waals surface area (Å²) in [4.78, 5) is 65.9. The highest BCUT2D eigenvalue weighted by Crippen LogP contribution is 2.34. The third-order valence-electron chi connectivity index (χ3n) is 8.68. The normalized spacial score (nSPS) is 16.0. The van der Waals surface area contributed by atoms with Crippen molar-refractivity contribution in [2.45, 2.75) is 51.2 Å². The Morgan fingerprint density at radius 2 is 1.61 bits per heavy atom. The summed E-state index contributed by atoms with van der Waals surface area (Å²) in [5.74, 6) is -1.15. The van der Waals surface area contributed by atoms with Gasteiger partial charge in [-0.3, -0.25) is 34.2 Å². The van der Waals surface area contributed by atoms with Crippen LogP contribution in [0.3, 0.4) is 0 Å². The molecule has 1 fully saturated rings. The van der Waals surface area contributed by atoms with E-state index in [4.69, 9.17) is 19.6 Å². The van der Waals surface area contributed by atoms with E-state index in [1.165, 1.54) is 6.26 Å². The number of primary amides is 1. The quantitative estimate of drug-likeness (QED) is 0.140. The van der Waals surface area contributed by atoms with Crippen LogP contribution in [0.15, 0.2) is 77.4 Å². The zero-order valence-corrected chi connectivity index (χ0v) is 27.0. The summed E-state index contributed by atoms with van der Waals surface area (Å²) in [6.07, 6.45) is 2.07. The first kappa shape index (κ1) is 32.9. The molecule has 1 atom stereocenters. The van der Waals surface area contributed by atoms with E-state index < -0.39 is 35.6 Å². The summed E-state index contributed by atoms with van der Waals surface area (Å²) in [6, 6.07) is 19.6. The van der Waals surface area contributed by atoms with Gasteiger partial charge < -0.3 is 24.9 Å². The Labute approximate surface area is 281 Å². The number of fused-ring (bicyclic) bond motifs is 1. The molecule has 13 nitrogen and oxygen atoms in total. The molecule has 2 aliphatic heterocycles. The van der Waals surface area contributed by atoms with Crippen LogP contribution in [0.25, 0.3) is 0 Å². The van der Waals surface area contributed by atoms with Crippen molar-refractivity contribution in [3.63, 3.8) is 0 Å². The molecule has 3 heterocycles. The molecule has 0 spiro atoms. The molecule has 0 radical (unpaired) electrons. The van der Waals surface area contributed by atoms with Gasteiger partial charge in [-0.25, -0.2) is 4.98 Å². The molecule has 252 valence electrons. The summed E-state index contributed by atoms with van der Waals surface area (Å²) in [7, 11) is 0. The number of piperidine rings is 1. The Morgan fingerprint density at radius 3 is 2.24 bits per heavy atom. The smallest absolute Gasteiger partial charge is 0.270 e. The molecule has 5 amide bonds. The number of rotatable bonds is 13. The molecule has 4 aromatic rings. The molecule has 1 unspecified atom stereocenters. The van der Waals surface area contributed by atoms with E-state index in [1.807, 2.05) is 48.5 Å². The zero-order valence-electron chi connectivity index (χ0n) is 27.0. The van der Waals surface area contributed by atoms with Gasteiger partial charge in [0.1, 0.15) is 23.8 Å². The number of carbonyl (C=O) groups is 5. The Morgan fingerprint density at radius 1 is 0.959 bits per heavy atom. The summed E-state index contributed by atoms with van der Waals surface area (Å²) in [5, 5.41) is 5.46. The fraction of sp³-hybridized carbons (Fsp3) is 0.278. The van der Waals surface area contributed by atoms with E-state index in [0.29, 0.717) is 31.0 Å². The first-order valence-corrected chi connectivity index (χ1v) is 15.8. The van der Waals surface area contributed by atoms with Crippen LogP contribution in [0.2, 0.25) is 0 Å². The summed E-state index contributed by atoms with van der Waals surface area (Å²) in [5.41, 5.74) is 8.30. The van der Waals surface area contributed by atoms with Gasteiger partial charge in [-0.15, -0.1) is 0 Å². The van der Waals surface area contributed by atoms with Crippen molar-refractivity contribution in [1.29, 1.82) is 0 Å². The predicted octanol–water partition coefficient (Wildman–Crippen LogP) is 3.96. The number of oxazole rings is 1. The topological polar surface area (TPSA) is 183 Å². The molecule has 2 aliphatic rings. The number of nitrogens with one attached hydrogen (secondary N) is 2. The number of amides is 5. The van der Waals surface area contributed by atoms with Gasteiger partial charge in [0.25, 0.3) is 17.7 Å². The fourth-order valence-electron chi connectivity index (χ4n) is 5.81. The minimum atomic E-state index is -0.995. The highest BCUT2D eigenvalue weighted by molar-refractivity contribution is 6.23. The number of benzene rings is 3. The lowest BCUT2D eigenvalue weighted by atomic mass is 9.78. The van der Waals surface area contributed by atoms with Gasteiger partial charge in [-0.2, -0.15) is 0 Å². The predicted molar refractivity (Wildman–Crippen MR) is 176 cm³/mol. The van der Waals surface area contributed by atoms with Crippen LogP contribution in [0.1, 0.15) is 81.3 Å². The molecule has 4 N–H and O–H groups in total. The van der Waals surface area contributed by atoms with Gasteiger partial charge in [0, 0.05) is 24.1 Å². The van der Waals surface area contributed by atoms with E-state index in [2.05, 4.69) is 29.5 Å². The Balaban J connectivity index is 0.962. The second-order valence-electron chi connectivity index (χ2n) is 12.3. The van der Waals surface area contributed by atoms with E-state index >= 15 is 0 Å². The standard InChI is InChI=1S/C36H35N5O8/c1-36(2,22-6-11-25(12-7-22)48-20-31-39-28(19-49-31)32(37)43)21-4-9-24(10-5-21)47-17-3-16-38-23-8-13-26-27(18-23)35(46)41(34(26)45)29-14-15-30(42)40-33(29)44/h4-13,18-19,29,38H,3,14-17,20H2,1-2H3,(H2,37,43)(H,40,42,44). The number of hydrogen-bond acceptors (Lipinski definition) is 10. The van der Waals surface area contributed by atoms with Crippen molar-refractivity contribution >= 4 is 35.2 Å². The Kier molecular flexibility index (Phi) is 9.16. The van der Waals surface area contributed by atoms with Gasteiger partial charge in [-0.1, -0.05) is 38.1 Å². The fourth-order valence-corrected chi connectivity index (χ4v) is 5.81. The van der Waals surface area contributed by atoms with Crippen LogP contribution < -0.4 is 25.8 Å². The number of nitrogens with zero attached hydrogens (tertiary/aromatic N) is 2. The van der Waals surface area contributed by atoms with Gasteiger partial charge >= 0.3 is 0 Å². The van der Waals surface area contributed by atoms with Crippen LogP contribution >= 0.6 is 0 Å². The molecule has 1 saturated heterocycles. The number of carbonyl (C=O) groups excluding carboxylic acids is 5. The lowest BCUT2D eigenvalue weighted by Gasteiger charge is -2.27. The van der Waals surface area contributed by atoms with Gasteiger partial charge in [0.05, 0.1) is 17.7 Å². The minimum Gasteiger partial charge on any atom is -0.494 e. The number of imide groups is 2. The molecule has 6 rings (SSSR count). The maximum atomic E-state index is 13.1. The number of hydrogen-bond donors (Lipinski definition) is 3. The maximum Gasteiger partial charge on any atom is 0.270 e. The molecule has 0 saturated carbocycles. The van der Waals surface area contributed by atoms with Crippen molar-refractivity contribution in [3.8, 4) is 11.5 Å². The highest BCUT2D eigenvalue weighted by atomic mass is 16.5. The monoisotopic (exact) mass is 665 g/mol. The van der Waals surface area contributed by atoms with E-state index in [9.17, 15) is 24.0 Å². The number of aromatic nitrogens is 1. The molecular formula is C36H35N5O8. The molecule has 49 heavy (non-hydrogen) atoms. The third kappa shape index (κ3) is 7.00. The van der Waals surface area contributed by atoms with Crippen molar-refractivity contribution in [2.24, 2.45) is 5.73 Å². The Hall–Kier alpha value is -5.98. The van der Waals surface area contributed by atoms with Crippen molar-refractivity contribution in [1.82, 2.24) is 15.2 Å².